The van der Waals surface area contributed by atoms with Crippen LogP contribution in [-0.4, -0.2) is 45.2 Å². The highest BCUT2D eigenvalue weighted by atomic mass is 19.1. The minimum atomic E-state index is -0.393. The molecule has 0 spiro atoms. The Bertz CT molecular complexity index is 740. The Morgan fingerprint density at radius 2 is 1.62 bits per heavy atom. The standard InChI is InChI=1S/C21H24FN3O/c22-19-10-4-5-11-20(19)23-21(26)17-25-15-13-24(14-16-25)12-6-9-18-7-2-1-3-8-18/h1-11H,12-17H2,(H,23,26)/p+2. The van der Waals surface area contributed by atoms with Crippen molar-refractivity contribution in [3.05, 3.63) is 72.1 Å². The number of nitrogens with one attached hydrogen (secondary N) is 3. The first-order valence-corrected chi connectivity index (χ1v) is 9.14. The van der Waals surface area contributed by atoms with E-state index in [-0.39, 0.29) is 11.6 Å². The number of carbonyl (C=O) groups is 1. The lowest BCUT2D eigenvalue weighted by molar-refractivity contribution is -1.01. The van der Waals surface area contributed by atoms with Crippen LogP contribution in [0.2, 0.25) is 0 Å². The minimum Gasteiger partial charge on any atom is -0.322 e. The van der Waals surface area contributed by atoms with Crippen LogP contribution < -0.4 is 15.1 Å². The molecule has 0 radical (unpaired) electrons. The van der Waals surface area contributed by atoms with Crippen LogP contribution in [0.1, 0.15) is 5.56 Å². The summed E-state index contributed by atoms with van der Waals surface area (Å²) in [6.07, 6.45) is 4.38. The molecule has 3 rings (SSSR count). The van der Waals surface area contributed by atoms with Crippen molar-refractivity contribution in [2.45, 2.75) is 0 Å². The number of carbonyl (C=O) groups excluding carboxylic acids is 1. The highest BCUT2D eigenvalue weighted by molar-refractivity contribution is 5.91. The summed E-state index contributed by atoms with van der Waals surface area (Å²) in [5, 5.41) is 2.67. The van der Waals surface area contributed by atoms with Crippen LogP contribution in [-0.2, 0) is 4.79 Å². The van der Waals surface area contributed by atoms with Crippen molar-refractivity contribution in [3.8, 4) is 0 Å². The number of para-hydroxylation sites is 1. The monoisotopic (exact) mass is 355 g/mol. The SMILES string of the molecule is O=C(C[NH+]1CC[NH+](CC=Cc2ccccc2)CC1)Nc1ccccc1F. The van der Waals surface area contributed by atoms with Gasteiger partial charge in [-0.25, -0.2) is 4.39 Å². The van der Waals surface area contributed by atoms with Crippen LogP contribution in [0.4, 0.5) is 10.1 Å². The summed E-state index contributed by atoms with van der Waals surface area (Å²) in [7, 11) is 0. The highest BCUT2D eigenvalue weighted by Crippen LogP contribution is 2.11. The second-order valence-electron chi connectivity index (χ2n) is 6.72. The van der Waals surface area contributed by atoms with E-state index in [2.05, 4.69) is 29.6 Å². The normalized spacial score (nSPS) is 20.2. The van der Waals surface area contributed by atoms with Gasteiger partial charge in [0, 0.05) is 0 Å². The van der Waals surface area contributed by atoms with Gasteiger partial charge < -0.3 is 15.1 Å². The van der Waals surface area contributed by atoms with Gasteiger partial charge in [-0.15, -0.1) is 0 Å². The fourth-order valence-electron chi connectivity index (χ4n) is 3.25. The van der Waals surface area contributed by atoms with E-state index in [0.29, 0.717) is 6.54 Å². The average molecular weight is 355 g/mol. The molecule has 26 heavy (non-hydrogen) atoms. The summed E-state index contributed by atoms with van der Waals surface area (Å²) < 4.78 is 13.6. The summed E-state index contributed by atoms with van der Waals surface area (Å²) in [5.74, 6) is -0.521. The zero-order valence-corrected chi connectivity index (χ0v) is 14.9. The summed E-state index contributed by atoms with van der Waals surface area (Å²) in [6.45, 7) is 5.40. The van der Waals surface area contributed by atoms with Gasteiger partial charge in [-0.05, 0) is 23.8 Å². The van der Waals surface area contributed by atoms with Crippen LogP contribution in [0.3, 0.4) is 0 Å². The van der Waals surface area contributed by atoms with E-state index in [1.165, 1.54) is 21.4 Å². The van der Waals surface area contributed by atoms with Gasteiger partial charge in [0.15, 0.2) is 6.54 Å². The number of amides is 1. The lowest BCUT2D eigenvalue weighted by Gasteiger charge is -2.28. The molecule has 136 valence electrons. The average Bonchev–Trinajstić information content (AvgIpc) is 2.66. The van der Waals surface area contributed by atoms with Gasteiger partial charge in [-0.1, -0.05) is 48.5 Å². The number of anilines is 1. The number of halogens is 1. The fraction of sp³-hybridized carbons (Fsp3) is 0.286. The molecule has 2 aromatic carbocycles. The third-order valence-corrected chi connectivity index (χ3v) is 4.74. The van der Waals surface area contributed by atoms with Gasteiger partial charge in [0.2, 0.25) is 0 Å². The van der Waals surface area contributed by atoms with E-state index in [0.717, 1.165) is 32.7 Å². The van der Waals surface area contributed by atoms with Gasteiger partial charge in [0.05, 0.1) is 12.2 Å². The summed E-state index contributed by atoms with van der Waals surface area (Å²) >= 11 is 0. The van der Waals surface area contributed by atoms with E-state index in [9.17, 15) is 9.18 Å². The smallest absolute Gasteiger partial charge is 0.279 e. The van der Waals surface area contributed by atoms with E-state index < -0.39 is 5.82 Å². The van der Waals surface area contributed by atoms with Crippen LogP contribution in [0.15, 0.2) is 60.7 Å². The Kier molecular flexibility index (Phi) is 6.52. The summed E-state index contributed by atoms with van der Waals surface area (Å²) in [5.41, 5.74) is 1.48. The molecule has 3 N–H and O–H groups in total. The number of hydrogen-bond acceptors (Lipinski definition) is 1. The maximum absolute atomic E-state index is 13.6. The van der Waals surface area contributed by atoms with Crippen molar-refractivity contribution in [2.75, 3.05) is 44.6 Å². The van der Waals surface area contributed by atoms with Crippen molar-refractivity contribution in [2.24, 2.45) is 0 Å². The van der Waals surface area contributed by atoms with Crippen molar-refractivity contribution < 1.29 is 19.0 Å². The number of piperazine rings is 1. The minimum absolute atomic E-state index is 0.127. The maximum Gasteiger partial charge on any atom is 0.279 e. The van der Waals surface area contributed by atoms with Crippen LogP contribution in [0, 0.1) is 5.82 Å². The molecule has 1 aliphatic heterocycles. The Labute approximate surface area is 153 Å². The Morgan fingerprint density at radius 1 is 0.962 bits per heavy atom. The lowest BCUT2D eigenvalue weighted by Crippen LogP contribution is -3.28. The molecular formula is C21H26FN3O+2. The third-order valence-electron chi connectivity index (χ3n) is 4.74. The molecule has 1 saturated heterocycles. The Morgan fingerprint density at radius 3 is 2.35 bits per heavy atom. The first kappa shape index (κ1) is 18.3. The highest BCUT2D eigenvalue weighted by Gasteiger charge is 2.24. The van der Waals surface area contributed by atoms with E-state index >= 15 is 0 Å². The summed E-state index contributed by atoms with van der Waals surface area (Å²) in [4.78, 5) is 14.9. The molecule has 4 nitrogen and oxygen atoms in total. The van der Waals surface area contributed by atoms with E-state index in [4.69, 9.17) is 0 Å². The van der Waals surface area contributed by atoms with Gasteiger partial charge >= 0.3 is 0 Å². The van der Waals surface area contributed by atoms with Crippen LogP contribution in [0.25, 0.3) is 6.08 Å². The molecule has 0 bridgehead atoms. The van der Waals surface area contributed by atoms with Crippen LogP contribution >= 0.6 is 0 Å². The lowest BCUT2D eigenvalue weighted by atomic mass is 10.2. The maximum atomic E-state index is 13.6. The van der Waals surface area contributed by atoms with Crippen molar-refractivity contribution >= 4 is 17.7 Å². The number of hydrogen-bond donors (Lipinski definition) is 3. The van der Waals surface area contributed by atoms with Gasteiger partial charge in [-0.3, -0.25) is 4.79 Å². The number of quaternary nitrogens is 2. The molecule has 1 heterocycles. The van der Waals surface area contributed by atoms with E-state index in [1.807, 2.05) is 18.2 Å². The molecule has 0 unspecified atom stereocenters. The molecule has 5 heteroatoms. The number of benzene rings is 2. The first-order chi connectivity index (χ1) is 12.7. The van der Waals surface area contributed by atoms with Crippen molar-refractivity contribution in [1.29, 1.82) is 0 Å². The van der Waals surface area contributed by atoms with Gasteiger partial charge in [-0.2, -0.15) is 0 Å². The molecule has 2 aromatic rings. The first-order valence-electron chi connectivity index (χ1n) is 9.14. The number of rotatable bonds is 6. The molecule has 0 aromatic heterocycles. The topological polar surface area (TPSA) is 38.0 Å². The zero-order chi connectivity index (χ0) is 18.2. The predicted octanol–water partition coefficient (Wildman–Crippen LogP) is 0.261. The van der Waals surface area contributed by atoms with Crippen LogP contribution in [0.5, 0.6) is 0 Å². The molecule has 0 saturated carbocycles. The predicted molar refractivity (Wildman–Crippen MR) is 102 cm³/mol. The molecule has 1 amide bonds. The molecular weight excluding hydrogens is 329 g/mol. The molecule has 1 aliphatic rings. The van der Waals surface area contributed by atoms with Crippen molar-refractivity contribution in [1.82, 2.24) is 0 Å². The zero-order valence-electron chi connectivity index (χ0n) is 14.9. The quantitative estimate of drug-likeness (QED) is 0.683. The Hall–Kier alpha value is -2.50. The van der Waals surface area contributed by atoms with Crippen molar-refractivity contribution in [3.63, 3.8) is 0 Å². The molecule has 0 aliphatic carbocycles. The second kappa shape index (κ2) is 9.27. The second-order valence-corrected chi connectivity index (χ2v) is 6.72. The molecule has 1 fully saturated rings. The largest absolute Gasteiger partial charge is 0.322 e. The van der Waals surface area contributed by atoms with Gasteiger partial charge in [0.25, 0.3) is 5.91 Å². The van der Waals surface area contributed by atoms with Gasteiger partial charge in [0.1, 0.15) is 32.0 Å². The van der Waals surface area contributed by atoms with E-state index in [1.54, 1.807) is 18.2 Å². The Balaban J connectivity index is 1.39. The third kappa shape index (κ3) is 5.51. The fourth-order valence-corrected chi connectivity index (χ4v) is 3.25. The molecule has 0 atom stereocenters. The summed E-state index contributed by atoms with van der Waals surface area (Å²) in [6, 6.07) is 16.6.